The minimum absolute atomic E-state index is 0.00103. The Kier molecular flexibility index (Phi) is 8.55. The molecule has 6 heterocycles. The van der Waals surface area contributed by atoms with Crippen LogP contribution in [0.2, 0.25) is 0 Å². The Balaban J connectivity index is 1.23. The van der Waals surface area contributed by atoms with E-state index >= 15 is 8.78 Å². The van der Waals surface area contributed by atoms with E-state index in [1.54, 1.807) is 32.3 Å². The first-order valence-electron chi connectivity index (χ1n) is 17.6. The molecular weight excluding hydrogens is 656 g/mol. The zero-order valence-corrected chi connectivity index (χ0v) is 28.9. The van der Waals surface area contributed by atoms with Gasteiger partial charge >= 0.3 is 12.1 Å². The number of nitrogens with two attached hydrogens (primary N) is 1. The number of ether oxygens (including phenoxy) is 3. The molecule has 4 aliphatic rings. The van der Waals surface area contributed by atoms with E-state index in [9.17, 15) is 4.79 Å². The molecule has 13 heteroatoms. The topological polar surface area (TPSA) is 119 Å². The highest BCUT2D eigenvalue weighted by Crippen LogP contribution is 2.44. The maximum absolute atomic E-state index is 17.2. The second kappa shape index (κ2) is 13.1. The Labute approximate surface area is 295 Å². The van der Waals surface area contributed by atoms with Gasteiger partial charge in [-0.25, -0.2) is 18.6 Å². The van der Waals surface area contributed by atoms with E-state index in [1.165, 1.54) is 11.0 Å². The van der Waals surface area contributed by atoms with Gasteiger partial charge in [0, 0.05) is 49.9 Å². The van der Waals surface area contributed by atoms with Gasteiger partial charge < -0.3 is 29.7 Å². The van der Waals surface area contributed by atoms with Crippen LogP contribution in [0.3, 0.4) is 0 Å². The van der Waals surface area contributed by atoms with Crippen LogP contribution in [0, 0.1) is 24.0 Å². The zero-order valence-electron chi connectivity index (χ0n) is 28.9. The molecule has 0 saturated carbocycles. The van der Waals surface area contributed by atoms with Crippen LogP contribution in [0.4, 0.5) is 25.1 Å². The molecule has 266 valence electrons. The third-order valence-corrected chi connectivity index (χ3v) is 11.0. The summed E-state index contributed by atoms with van der Waals surface area (Å²) in [6.45, 7) is 3.29. The van der Waals surface area contributed by atoms with Gasteiger partial charge in [-0.05, 0) is 75.1 Å². The maximum atomic E-state index is 17.2. The number of amides is 1. The van der Waals surface area contributed by atoms with E-state index in [1.807, 2.05) is 0 Å². The van der Waals surface area contributed by atoms with Crippen molar-refractivity contribution in [3.05, 3.63) is 47.2 Å². The third-order valence-electron chi connectivity index (χ3n) is 11.0. The molecule has 3 atom stereocenters. The monoisotopic (exact) mass is 697 g/mol. The summed E-state index contributed by atoms with van der Waals surface area (Å²) in [5.74, 6) is 1.75. The summed E-state index contributed by atoms with van der Waals surface area (Å²) in [4.78, 5) is 32.8. The lowest BCUT2D eigenvalue weighted by molar-refractivity contribution is 0.0484. The van der Waals surface area contributed by atoms with Gasteiger partial charge in [0.2, 0.25) is 0 Å². The average Bonchev–Trinajstić information content (AvgIpc) is 3.53. The standard InChI is InChI=1S/C38H41F2N7O4/c1-4-26-28(39)9-7-22-17-23(41)18-27(30(22)26)33-32(40)34-31-29(42-33)10-8-24-19-49-16-6-14-46(24)35(31)44-36(43-34)51-21-38-12-5-15-47(38)25(11-13-38)20-50-37(48)45(2)3/h1,7,9,17-18,24-25H,5-6,8,10-16,19-21,41H2,2-3H3/t24-,25-,38-/m0/s1. The van der Waals surface area contributed by atoms with Crippen LogP contribution in [-0.4, -0.2) is 102 Å². The molecule has 51 heavy (non-hydrogen) atoms. The van der Waals surface area contributed by atoms with Crippen molar-refractivity contribution in [1.29, 1.82) is 0 Å². The fourth-order valence-electron chi connectivity index (χ4n) is 8.56. The molecule has 3 saturated heterocycles. The number of nitrogen functional groups attached to an aromatic ring is 1. The number of fused-ring (bicyclic) bond motifs is 4. The van der Waals surface area contributed by atoms with Crippen molar-refractivity contribution >= 4 is 39.3 Å². The number of nitrogens with zero attached hydrogens (tertiary/aromatic N) is 6. The minimum atomic E-state index is -0.685. The van der Waals surface area contributed by atoms with E-state index in [0.29, 0.717) is 84.7 Å². The summed E-state index contributed by atoms with van der Waals surface area (Å²) in [6, 6.07) is 6.30. The zero-order chi connectivity index (χ0) is 35.4. The number of pyridine rings is 1. The lowest BCUT2D eigenvalue weighted by atomic mass is 9.95. The molecular formula is C38H41F2N7O4. The summed E-state index contributed by atoms with van der Waals surface area (Å²) < 4.78 is 50.3. The Morgan fingerprint density at radius 2 is 2.00 bits per heavy atom. The smallest absolute Gasteiger partial charge is 0.409 e. The Bertz CT molecular complexity index is 2090. The number of halogens is 2. The van der Waals surface area contributed by atoms with Gasteiger partial charge in [0.1, 0.15) is 36.1 Å². The second-order valence-corrected chi connectivity index (χ2v) is 14.3. The number of carbonyl (C=O) groups excluding carboxylic acids is 1. The molecule has 8 rings (SSSR count). The number of benzene rings is 2. The summed E-state index contributed by atoms with van der Waals surface area (Å²) in [5.41, 5.74) is 7.42. The number of terminal acetylenes is 1. The van der Waals surface area contributed by atoms with Crippen molar-refractivity contribution in [1.82, 2.24) is 24.8 Å². The van der Waals surface area contributed by atoms with Crippen molar-refractivity contribution in [2.45, 2.75) is 62.6 Å². The van der Waals surface area contributed by atoms with E-state index in [2.05, 4.69) is 15.7 Å². The summed E-state index contributed by atoms with van der Waals surface area (Å²) >= 11 is 0. The molecule has 0 spiro atoms. The lowest BCUT2D eigenvalue weighted by Gasteiger charge is -2.34. The lowest BCUT2D eigenvalue weighted by Crippen LogP contribution is -2.48. The van der Waals surface area contributed by atoms with Crippen LogP contribution in [0.25, 0.3) is 32.9 Å². The van der Waals surface area contributed by atoms with Crippen molar-refractivity contribution in [3.63, 3.8) is 0 Å². The minimum Gasteiger partial charge on any atom is -0.461 e. The van der Waals surface area contributed by atoms with Crippen LogP contribution in [0.5, 0.6) is 6.01 Å². The molecule has 2 aromatic carbocycles. The highest BCUT2D eigenvalue weighted by Gasteiger charge is 2.50. The third kappa shape index (κ3) is 5.74. The van der Waals surface area contributed by atoms with Crippen LogP contribution in [0.15, 0.2) is 24.3 Å². The highest BCUT2D eigenvalue weighted by atomic mass is 19.1. The molecule has 0 bridgehead atoms. The predicted molar refractivity (Wildman–Crippen MR) is 190 cm³/mol. The summed E-state index contributed by atoms with van der Waals surface area (Å²) in [5, 5.41) is 1.48. The maximum Gasteiger partial charge on any atom is 0.409 e. The van der Waals surface area contributed by atoms with Gasteiger partial charge in [0.15, 0.2) is 5.82 Å². The first-order valence-corrected chi connectivity index (χ1v) is 17.6. The Morgan fingerprint density at radius 1 is 1.14 bits per heavy atom. The summed E-state index contributed by atoms with van der Waals surface area (Å²) in [7, 11) is 3.34. The molecule has 0 aliphatic carbocycles. The van der Waals surface area contributed by atoms with E-state index in [0.717, 1.165) is 38.6 Å². The fourth-order valence-corrected chi connectivity index (χ4v) is 8.56. The predicted octanol–water partition coefficient (Wildman–Crippen LogP) is 5.30. The number of aryl methyl sites for hydroxylation is 1. The second-order valence-electron chi connectivity index (χ2n) is 14.3. The SMILES string of the molecule is C#Cc1c(F)ccc2cc(N)cc(-c3nc4c5c(nc(OC[C@@]67CCCN6[C@H](COC(=O)N(C)C)CC7)nc5c3F)N3CCCOC[C@@H]3CC4)c12. The van der Waals surface area contributed by atoms with Crippen LogP contribution < -0.4 is 15.4 Å². The van der Waals surface area contributed by atoms with E-state index in [4.69, 9.17) is 41.3 Å². The number of rotatable bonds is 6. The number of anilines is 2. The highest BCUT2D eigenvalue weighted by molar-refractivity contribution is 6.04. The normalized spacial score (nSPS) is 23.0. The van der Waals surface area contributed by atoms with E-state index in [-0.39, 0.29) is 46.5 Å². The number of carbonyl (C=O) groups is 1. The molecule has 4 aliphatic heterocycles. The van der Waals surface area contributed by atoms with Gasteiger partial charge in [0.25, 0.3) is 0 Å². The van der Waals surface area contributed by atoms with Crippen molar-refractivity contribution in [2.24, 2.45) is 0 Å². The van der Waals surface area contributed by atoms with Crippen molar-refractivity contribution < 1.29 is 27.8 Å². The quantitative estimate of drug-likeness (QED) is 0.210. The average molecular weight is 698 g/mol. The first kappa shape index (κ1) is 33.3. The fraction of sp³-hybridized carbons (Fsp3) is 0.474. The van der Waals surface area contributed by atoms with Crippen LogP contribution in [0.1, 0.15) is 49.8 Å². The molecule has 1 amide bonds. The number of aromatic nitrogens is 3. The van der Waals surface area contributed by atoms with Crippen LogP contribution >= 0.6 is 0 Å². The Morgan fingerprint density at radius 3 is 2.82 bits per heavy atom. The van der Waals surface area contributed by atoms with Crippen LogP contribution in [-0.2, 0) is 15.9 Å². The molecule has 3 fully saturated rings. The number of hydrogen-bond donors (Lipinski definition) is 1. The van der Waals surface area contributed by atoms with E-state index < -0.39 is 11.6 Å². The number of hydrogen-bond acceptors (Lipinski definition) is 10. The summed E-state index contributed by atoms with van der Waals surface area (Å²) in [6.07, 6.45) is 11.1. The largest absolute Gasteiger partial charge is 0.461 e. The van der Waals surface area contributed by atoms with Gasteiger partial charge in [-0.1, -0.05) is 12.0 Å². The van der Waals surface area contributed by atoms with Gasteiger partial charge in [-0.2, -0.15) is 9.97 Å². The molecule has 11 nitrogen and oxygen atoms in total. The van der Waals surface area contributed by atoms with Gasteiger partial charge in [0.05, 0.1) is 34.8 Å². The molecule has 4 aromatic rings. The molecule has 0 unspecified atom stereocenters. The first-order chi connectivity index (χ1) is 24.7. The molecule has 2 aromatic heterocycles. The van der Waals surface area contributed by atoms with Crippen molar-refractivity contribution in [2.75, 3.05) is 64.2 Å². The van der Waals surface area contributed by atoms with Crippen molar-refractivity contribution in [3.8, 4) is 29.6 Å². The molecule has 0 radical (unpaired) electrons. The van der Waals surface area contributed by atoms with Gasteiger partial charge in [-0.3, -0.25) is 4.90 Å². The van der Waals surface area contributed by atoms with Gasteiger partial charge in [-0.15, -0.1) is 6.42 Å². The molecule has 2 N–H and O–H groups in total. The Hall–Kier alpha value is -4.80.